The lowest BCUT2D eigenvalue weighted by molar-refractivity contribution is 0.0948. The topological polar surface area (TPSA) is 64.0 Å². The Morgan fingerprint density at radius 1 is 1.44 bits per heavy atom. The number of amides is 1. The van der Waals surface area contributed by atoms with Crippen LogP contribution in [0.4, 0.5) is 0 Å². The fourth-order valence-corrected chi connectivity index (χ4v) is 1.29. The van der Waals surface area contributed by atoms with E-state index in [0.29, 0.717) is 13.1 Å². The second-order valence-corrected chi connectivity index (χ2v) is 3.49. The van der Waals surface area contributed by atoms with Crippen LogP contribution in [0.3, 0.4) is 0 Å². The molecule has 5 nitrogen and oxygen atoms in total. The molecule has 0 atom stereocenters. The highest BCUT2D eigenvalue weighted by molar-refractivity contribution is 5.91. The Kier molecular flexibility index (Phi) is 4.69. The largest absolute Gasteiger partial charge is 0.351 e. The van der Waals surface area contributed by atoms with Crippen molar-refractivity contribution in [3.63, 3.8) is 0 Å². The van der Waals surface area contributed by atoms with Crippen molar-refractivity contribution in [1.82, 2.24) is 15.1 Å². The minimum atomic E-state index is -0.243. The van der Waals surface area contributed by atoms with Crippen molar-refractivity contribution in [3.05, 3.63) is 28.2 Å². The number of nitrogens with zero attached hydrogens (tertiary/aromatic N) is 2. The highest BCUT2D eigenvalue weighted by Crippen LogP contribution is 1.93. The molecule has 0 unspecified atom stereocenters. The Morgan fingerprint density at radius 2 is 2.19 bits per heavy atom. The first-order valence-electron chi connectivity index (χ1n) is 5.55. The summed E-state index contributed by atoms with van der Waals surface area (Å²) >= 11 is 0. The van der Waals surface area contributed by atoms with Gasteiger partial charge in [0.25, 0.3) is 11.5 Å². The molecule has 0 radical (unpaired) electrons. The molecule has 0 aliphatic carbocycles. The van der Waals surface area contributed by atoms with Crippen molar-refractivity contribution < 1.29 is 4.79 Å². The molecule has 0 aliphatic rings. The number of aromatic nitrogens is 2. The van der Waals surface area contributed by atoms with Crippen LogP contribution in [0.15, 0.2) is 16.9 Å². The third-order valence-electron chi connectivity index (χ3n) is 2.16. The Bertz CT molecular complexity index is 412. The molecule has 16 heavy (non-hydrogen) atoms. The molecule has 1 aromatic heterocycles. The zero-order valence-corrected chi connectivity index (χ0v) is 9.69. The number of carbonyl (C=O) groups is 1. The lowest BCUT2D eigenvalue weighted by Gasteiger charge is -2.05. The van der Waals surface area contributed by atoms with E-state index >= 15 is 0 Å². The van der Waals surface area contributed by atoms with E-state index in [1.807, 2.05) is 13.8 Å². The van der Waals surface area contributed by atoms with Gasteiger partial charge in [-0.05, 0) is 19.4 Å². The Balaban J connectivity index is 2.88. The molecule has 1 amide bonds. The van der Waals surface area contributed by atoms with E-state index < -0.39 is 0 Å². The van der Waals surface area contributed by atoms with Gasteiger partial charge in [0.1, 0.15) is 5.69 Å². The molecular weight excluding hydrogens is 206 g/mol. The van der Waals surface area contributed by atoms with Crippen LogP contribution in [-0.4, -0.2) is 22.2 Å². The maximum absolute atomic E-state index is 11.5. The fraction of sp³-hybridized carbons (Fsp3) is 0.545. The highest BCUT2D eigenvalue weighted by Gasteiger charge is 2.07. The molecule has 0 saturated carbocycles. The molecule has 88 valence electrons. The van der Waals surface area contributed by atoms with Crippen LogP contribution >= 0.6 is 0 Å². The normalized spacial score (nSPS) is 10.1. The van der Waals surface area contributed by atoms with Crippen LogP contribution in [0.2, 0.25) is 0 Å². The van der Waals surface area contributed by atoms with E-state index in [1.54, 1.807) is 0 Å². The third kappa shape index (κ3) is 3.18. The van der Waals surface area contributed by atoms with Crippen LogP contribution in [0.25, 0.3) is 0 Å². The van der Waals surface area contributed by atoms with Crippen LogP contribution in [-0.2, 0) is 6.54 Å². The summed E-state index contributed by atoms with van der Waals surface area (Å²) in [6, 6.07) is 2.84. The summed E-state index contributed by atoms with van der Waals surface area (Å²) in [5, 5.41) is 6.67. The quantitative estimate of drug-likeness (QED) is 0.802. The van der Waals surface area contributed by atoms with Crippen molar-refractivity contribution in [2.24, 2.45) is 0 Å². The fourth-order valence-electron chi connectivity index (χ4n) is 1.29. The van der Waals surface area contributed by atoms with Gasteiger partial charge in [-0.2, -0.15) is 5.10 Å². The van der Waals surface area contributed by atoms with E-state index in [1.165, 1.54) is 16.8 Å². The van der Waals surface area contributed by atoms with E-state index in [9.17, 15) is 9.59 Å². The average Bonchev–Trinajstić information content (AvgIpc) is 2.28. The van der Waals surface area contributed by atoms with E-state index in [-0.39, 0.29) is 17.2 Å². The minimum absolute atomic E-state index is 0.165. The van der Waals surface area contributed by atoms with E-state index in [4.69, 9.17) is 0 Å². The van der Waals surface area contributed by atoms with Gasteiger partial charge in [-0.1, -0.05) is 13.3 Å². The summed E-state index contributed by atoms with van der Waals surface area (Å²) in [4.78, 5) is 22.9. The Labute approximate surface area is 94.5 Å². The molecule has 5 heteroatoms. The summed E-state index contributed by atoms with van der Waals surface area (Å²) in [5.74, 6) is -0.243. The first-order valence-corrected chi connectivity index (χ1v) is 5.55. The van der Waals surface area contributed by atoms with Crippen molar-refractivity contribution in [2.75, 3.05) is 6.54 Å². The molecule has 1 N–H and O–H groups in total. The van der Waals surface area contributed by atoms with Gasteiger partial charge in [0.05, 0.1) is 0 Å². The number of unbranched alkanes of at least 4 members (excludes halogenated alkanes) is 1. The van der Waals surface area contributed by atoms with Gasteiger partial charge < -0.3 is 5.32 Å². The van der Waals surface area contributed by atoms with Gasteiger partial charge in [-0.3, -0.25) is 9.59 Å². The maximum atomic E-state index is 11.5. The standard InChI is InChI=1S/C11H17N3O2/c1-3-5-8-14-10(15)7-6-9(13-14)11(16)12-4-2/h6-7H,3-5,8H2,1-2H3,(H,12,16). The smallest absolute Gasteiger partial charge is 0.271 e. The predicted molar refractivity (Wildman–Crippen MR) is 61.4 cm³/mol. The number of hydrogen-bond donors (Lipinski definition) is 1. The number of rotatable bonds is 5. The predicted octanol–water partition coefficient (Wildman–Crippen LogP) is 0.793. The van der Waals surface area contributed by atoms with Crippen LogP contribution in [0, 0.1) is 0 Å². The SMILES string of the molecule is CCCCn1nc(C(=O)NCC)ccc1=O. The second-order valence-electron chi connectivity index (χ2n) is 3.49. The number of aryl methyl sites for hydroxylation is 1. The van der Waals surface area contributed by atoms with Crippen LogP contribution < -0.4 is 10.9 Å². The third-order valence-corrected chi connectivity index (χ3v) is 2.16. The zero-order valence-electron chi connectivity index (χ0n) is 9.69. The molecular formula is C11H17N3O2. The molecule has 0 aliphatic heterocycles. The number of carbonyl (C=O) groups excluding carboxylic acids is 1. The van der Waals surface area contributed by atoms with Crippen molar-refractivity contribution in [3.8, 4) is 0 Å². The van der Waals surface area contributed by atoms with Gasteiger partial charge in [0.2, 0.25) is 0 Å². The minimum Gasteiger partial charge on any atom is -0.351 e. The summed E-state index contributed by atoms with van der Waals surface area (Å²) in [6.07, 6.45) is 1.87. The van der Waals surface area contributed by atoms with Gasteiger partial charge >= 0.3 is 0 Å². The lowest BCUT2D eigenvalue weighted by atomic mass is 10.3. The summed E-state index contributed by atoms with van der Waals surface area (Å²) < 4.78 is 1.34. The molecule has 0 aromatic carbocycles. The van der Waals surface area contributed by atoms with Gasteiger partial charge in [-0.25, -0.2) is 4.68 Å². The van der Waals surface area contributed by atoms with Crippen LogP contribution in [0.1, 0.15) is 37.2 Å². The highest BCUT2D eigenvalue weighted by atomic mass is 16.2. The van der Waals surface area contributed by atoms with Crippen molar-refractivity contribution >= 4 is 5.91 Å². The van der Waals surface area contributed by atoms with Gasteiger partial charge in [0.15, 0.2) is 0 Å². The monoisotopic (exact) mass is 223 g/mol. The summed E-state index contributed by atoms with van der Waals surface area (Å²) in [6.45, 7) is 4.99. The molecule has 1 rings (SSSR count). The average molecular weight is 223 g/mol. The van der Waals surface area contributed by atoms with Crippen molar-refractivity contribution in [1.29, 1.82) is 0 Å². The number of hydrogen-bond acceptors (Lipinski definition) is 3. The molecule has 0 bridgehead atoms. The molecule has 0 fully saturated rings. The molecule has 0 spiro atoms. The number of nitrogens with one attached hydrogen (secondary N) is 1. The van der Waals surface area contributed by atoms with Crippen molar-refractivity contribution in [2.45, 2.75) is 33.2 Å². The summed E-state index contributed by atoms with van der Waals surface area (Å²) in [5.41, 5.74) is 0.124. The van der Waals surface area contributed by atoms with Gasteiger partial charge in [-0.15, -0.1) is 0 Å². The van der Waals surface area contributed by atoms with Crippen LogP contribution in [0.5, 0.6) is 0 Å². The second kappa shape index (κ2) is 6.05. The Morgan fingerprint density at radius 3 is 2.81 bits per heavy atom. The first-order chi connectivity index (χ1) is 7.69. The molecule has 0 saturated heterocycles. The van der Waals surface area contributed by atoms with Gasteiger partial charge in [0, 0.05) is 19.2 Å². The van der Waals surface area contributed by atoms with E-state index in [0.717, 1.165) is 12.8 Å². The summed E-state index contributed by atoms with van der Waals surface area (Å²) in [7, 11) is 0. The molecule has 1 aromatic rings. The lowest BCUT2D eigenvalue weighted by Crippen LogP contribution is -2.29. The Hall–Kier alpha value is -1.65. The maximum Gasteiger partial charge on any atom is 0.271 e. The molecule has 1 heterocycles. The van der Waals surface area contributed by atoms with E-state index in [2.05, 4.69) is 10.4 Å². The first kappa shape index (κ1) is 12.4. The zero-order chi connectivity index (χ0) is 12.0.